The van der Waals surface area contributed by atoms with Crippen LogP contribution in [0.15, 0.2) is 70.2 Å². The second kappa shape index (κ2) is 8.91. The Hall–Kier alpha value is -3.92. The normalized spacial score (nSPS) is 14.4. The smallest absolute Gasteiger partial charge is 0.270 e. The molecule has 4 aromatic rings. The van der Waals surface area contributed by atoms with E-state index in [2.05, 4.69) is 27.4 Å². The monoisotopic (exact) mass is 461 g/mol. The third-order valence-electron chi connectivity index (χ3n) is 5.00. The SMILES string of the molecule is CCCSc1nnc2c(n1)O[C@@H](c1ccc(-c3cccc([N+](=O)[O-])c3)o1)Nc1ccccc1-2. The summed E-state index contributed by atoms with van der Waals surface area (Å²) in [4.78, 5) is 15.3. The molecule has 166 valence electrons. The standard InChI is InChI=1S/C23H19N5O4S/c1-2-12-33-23-25-22-20(26-27-23)16-8-3-4-9-17(16)24-21(32-22)19-11-10-18(31-19)14-6-5-7-15(13-14)28(29)30/h3-11,13,21,24H,2,12H2,1H3/t21-/m0/s1. The number of hydrogen-bond acceptors (Lipinski definition) is 9. The maximum Gasteiger partial charge on any atom is 0.270 e. The molecule has 0 bridgehead atoms. The van der Waals surface area contributed by atoms with Gasteiger partial charge in [0.15, 0.2) is 11.5 Å². The highest BCUT2D eigenvalue weighted by atomic mass is 32.2. The molecule has 0 aliphatic carbocycles. The van der Waals surface area contributed by atoms with Crippen molar-refractivity contribution in [2.75, 3.05) is 11.1 Å². The van der Waals surface area contributed by atoms with Crippen LogP contribution in [0.25, 0.3) is 22.6 Å². The molecule has 0 saturated heterocycles. The number of aromatic nitrogens is 3. The Morgan fingerprint density at radius 3 is 2.85 bits per heavy atom. The molecule has 10 heteroatoms. The van der Waals surface area contributed by atoms with Crippen molar-refractivity contribution in [1.82, 2.24) is 15.2 Å². The zero-order valence-electron chi connectivity index (χ0n) is 17.6. The lowest BCUT2D eigenvalue weighted by atomic mass is 10.1. The average Bonchev–Trinajstić information content (AvgIpc) is 3.27. The number of nitrogens with zero attached hydrogens (tertiary/aromatic N) is 4. The summed E-state index contributed by atoms with van der Waals surface area (Å²) in [5.41, 5.74) is 2.78. The minimum absolute atomic E-state index is 0.00275. The number of furan rings is 1. The molecular formula is C23H19N5O4S. The van der Waals surface area contributed by atoms with Crippen LogP contribution in [0.5, 0.6) is 5.88 Å². The fraction of sp³-hybridized carbons (Fsp3) is 0.174. The van der Waals surface area contributed by atoms with Crippen molar-refractivity contribution < 1.29 is 14.1 Å². The van der Waals surface area contributed by atoms with Gasteiger partial charge in [-0.25, -0.2) is 0 Å². The number of fused-ring (bicyclic) bond motifs is 3. The van der Waals surface area contributed by atoms with E-state index in [-0.39, 0.29) is 5.69 Å². The minimum atomic E-state index is -0.680. The fourth-order valence-corrected chi connectivity index (χ4v) is 4.08. The second-order valence-electron chi connectivity index (χ2n) is 7.29. The lowest BCUT2D eigenvalue weighted by Gasteiger charge is -2.16. The second-order valence-corrected chi connectivity index (χ2v) is 8.36. The molecule has 2 aromatic carbocycles. The van der Waals surface area contributed by atoms with Crippen LogP contribution in [0.3, 0.4) is 0 Å². The predicted octanol–water partition coefficient (Wildman–Crippen LogP) is 5.71. The predicted molar refractivity (Wildman–Crippen MR) is 124 cm³/mol. The van der Waals surface area contributed by atoms with Crippen LogP contribution in [0.1, 0.15) is 25.3 Å². The van der Waals surface area contributed by atoms with E-state index >= 15 is 0 Å². The van der Waals surface area contributed by atoms with Gasteiger partial charge in [-0.2, -0.15) is 4.98 Å². The largest absolute Gasteiger partial charge is 0.455 e. The molecule has 9 nitrogen and oxygen atoms in total. The Labute approximate surface area is 193 Å². The summed E-state index contributed by atoms with van der Waals surface area (Å²) in [6.07, 6.45) is 0.312. The maximum atomic E-state index is 11.1. The van der Waals surface area contributed by atoms with E-state index in [9.17, 15) is 10.1 Å². The number of benzene rings is 2. The molecular weight excluding hydrogens is 442 g/mol. The Bertz CT molecular complexity index is 1330. The molecule has 33 heavy (non-hydrogen) atoms. The number of hydrogen-bond donors (Lipinski definition) is 1. The summed E-state index contributed by atoms with van der Waals surface area (Å²) in [6.45, 7) is 2.09. The molecule has 1 aliphatic heterocycles. The van der Waals surface area contributed by atoms with E-state index in [1.54, 1.807) is 24.3 Å². The molecule has 1 aliphatic rings. The van der Waals surface area contributed by atoms with Gasteiger partial charge in [0.2, 0.25) is 17.3 Å². The highest BCUT2D eigenvalue weighted by Gasteiger charge is 2.28. The number of para-hydroxylation sites is 1. The van der Waals surface area contributed by atoms with Crippen LogP contribution in [-0.4, -0.2) is 25.9 Å². The lowest BCUT2D eigenvalue weighted by molar-refractivity contribution is -0.384. The van der Waals surface area contributed by atoms with E-state index in [4.69, 9.17) is 9.15 Å². The summed E-state index contributed by atoms with van der Waals surface area (Å²) >= 11 is 1.52. The first kappa shape index (κ1) is 21.0. The van der Waals surface area contributed by atoms with Crippen LogP contribution in [0.4, 0.5) is 11.4 Å². The third-order valence-corrected chi connectivity index (χ3v) is 6.04. The van der Waals surface area contributed by atoms with E-state index in [0.717, 1.165) is 23.4 Å². The first-order chi connectivity index (χ1) is 16.1. The van der Waals surface area contributed by atoms with Crippen molar-refractivity contribution in [2.45, 2.75) is 24.7 Å². The first-order valence-electron chi connectivity index (χ1n) is 10.4. The van der Waals surface area contributed by atoms with Gasteiger partial charge in [-0.05, 0) is 24.6 Å². The molecule has 0 spiro atoms. The molecule has 0 saturated carbocycles. The molecule has 0 fully saturated rings. The van der Waals surface area contributed by atoms with Crippen molar-refractivity contribution in [3.05, 3.63) is 76.5 Å². The quantitative estimate of drug-likeness (QED) is 0.219. The van der Waals surface area contributed by atoms with Gasteiger partial charge in [0, 0.05) is 34.7 Å². The van der Waals surface area contributed by atoms with E-state index in [1.807, 2.05) is 24.3 Å². The van der Waals surface area contributed by atoms with Crippen LogP contribution in [0.2, 0.25) is 0 Å². The van der Waals surface area contributed by atoms with Gasteiger partial charge in [0.05, 0.1) is 4.92 Å². The number of ether oxygens (including phenoxy) is 1. The Morgan fingerprint density at radius 1 is 1.12 bits per heavy atom. The summed E-state index contributed by atoms with van der Waals surface area (Å²) in [5.74, 6) is 2.24. The van der Waals surface area contributed by atoms with E-state index in [1.165, 1.54) is 23.9 Å². The van der Waals surface area contributed by atoms with Crippen LogP contribution >= 0.6 is 11.8 Å². The van der Waals surface area contributed by atoms with Crippen molar-refractivity contribution in [1.29, 1.82) is 0 Å². The van der Waals surface area contributed by atoms with Gasteiger partial charge in [-0.15, -0.1) is 10.2 Å². The maximum absolute atomic E-state index is 11.1. The summed E-state index contributed by atoms with van der Waals surface area (Å²) in [6, 6.07) is 17.5. The molecule has 1 atom stereocenters. The Morgan fingerprint density at radius 2 is 2.00 bits per heavy atom. The number of nitrogens with one attached hydrogen (secondary N) is 1. The lowest BCUT2D eigenvalue weighted by Crippen LogP contribution is -2.16. The number of nitro benzene ring substituents is 1. The van der Waals surface area contributed by atoms with Crippen LogP contribution < -0.4 is 10.1 Å². The average molecular weight is 462 g/mol. The van der Waals surface area contributed by atoms with E-state index in [0.29, 0.717) is 33.8 Å². The zero-order chi connectivity index (χ0) is 22.8. The number of thioether (sulfide) groups is 1. The Balaban J connectivity index is 1.51. The van der Waals surface area contributed by atoms with Crippen molar-refractivity contribution >= 4 is 23.1 Å². The zero-order valence-corrected chi connectivity index (χ0v) is 18.4. The van der Waals surface area contributed by atoms with Gasteiger partial charge in [0.1, 0.15) is 5.76 Å². The van der Waals surface area contributed by atoms with Gasteiger partial charge in [-0.1, -0.05) is 49.0 Å². The van der Waals surface area contributed by atoms with Gasteiger partial charge < -0.3 is 14.5 Å². The van der Waals surface area contributed by atoms with Crippen LogP contribution in [-0.2, 0) is 0 Å². The van der Waals surface area contributed by atoms with Gasteiger partial charge in [-0.3, -0.25) is 10.1 Å². The number of rotatable bonds is 6. The molecule has 0 amide bonds. The Kier molecular flexibility index (Phi) is 5.66. The molecule has 0 radical (unpaired) electrons. The molecule has 2 aromatic heterocycles. The third kappa shape index (κ3) is 4.24. The summed E-state index contributed by atoms with van der Waals surface area (Å²) in [5, 5.41) is 23.7. The van der Waals surface area contributed by atoms with Crippen molar-refractivity contribution in [2.24, 2.45) is 0 Å². The molecule has 0 unspecified atom stereocenters. The fourth-order valence-electron chi connectivity index (χ4n) is 3.45. The number of nitro groups is 1. The highest BCUT2D eigenvalue weighted by molar-refractivity contribution is 7.99. The first-order valence-corrected chi connectivity index (χ1v) is 11.4. The topological polar surface area (TPSA) is 116 Å². The van der Waals surface area contributed by atoms with E-state index < -0.39 is 11.2 Å². The van der Waals surface area contributed by atoms with Crippen molar-refractivity contribution in [3.8, 4) is 28.5 Å². The van der Waals surface area contributed by atoms with Crippen LogP contribution in [0, 0.1) is 10.1 Å². The minimum Gasteiger partial charge on any atom is -0.455 e. The number of anilines is 1. The highest BCUT2D eigenvalue weighted by Crippen LogP contribution is 2.40. The summed E-state index contributed by atoms with van der Waals surface area (Å²) < 4.78 is 12.3. The molecule has 1 N–H and O–H groups in total. The molecule has 5 rings (SSSR count). The van der Waals surface area contributed by atoms with Crippen molar-refractivity contribution in [3.63, 3.8) is 0 Å². The van der Waals surface area contributed by atoms with Gasteiger partial charge in [0.25, 0.3) is 5.69 Å². The number of non-ortho nitro benzene ring substituents is 1. The summed E-state index contributed by atoms with van der Waals surface area (Å²) in [7, 11) is 0. The van der Waals surface area contributed by atoms with Gasteiger partial charge >= 0.3 is 0 Å². The molecule has 3 heterocycles.